The van der Waals surface area contributed by atoms with Gasteiger partial charge in [0.05, 0.1) is 0 Å². The minimum Gasteiger partial charge on any atom is -0.384 e. The van der Waals surface area contributed by atoms with E-state index < -0.39 is 6.10 Å². The standard InChI is InChI=1S/C29H19NO/c31-29(20-12-15-26-24(16-20)21-6-1-2-7-25(21)30-26)23-14-11-19-9-8-17-4-3-5-18-10-13-22(23)28(19)27(17)18/h1-16,29-31H. The van der Waals surface area contributed by atoms with Crippen LogP contribution in [0.4, 0.5) is 0 Å². The second kappa shape index (κ2) is 6.07. The van der Waals surface area contributed by atoms with Gasteiger partial charge in [-0.15, -0.1) is 0 Å². The molecule has 0 saturated heterocycles. The van der Waals surface area contributed by atoms with Gasteiger partial charge in [-0.1, -0.05) is 78.9 Å². The summed E-state index contributed by atoms with van der Waals surface area (Å²) in [6.07, 6.45) is -0.692. The first-order valence-electron chi connectivity index (χ1n) is 10.6. The van der Waals surface area contributed by atoms with Gasteiger partial charge < -0.3 is 10.1 Å². The fourth-order valence-corrected chi connectivity index (χ4v) is 5.21. The molecule has 2 nitrogen and oxygen atoms in total. The molecule has 7 rings (SSSR count). The number of aliphatic hydroxyl groups excluding tert-OH is 1. The average molecular weight is 397 g/mol. The molecule has 1 aromatic heterocycles. The summed E-state index contributed by atoms with van der Waals surface area (Å²) in [4.78, 5) is 3.47. The van der Waals surface area contributed by atoms with Gasteiger partial charge in [-0.2, -0.15) is 0 Å². The highest BCUT2D eigenvalue weighted by Crippen LogP contribution is 2.39. The van der Waals surface area contributed by atoms with Crippen LogP contribution in [0.25, 0.3) is 54.1 Å². The zero-order chi connectivity index (χ0) is 20.5. The minimum absolute atomic E-state index is 0.692. The molecule has 0 saturated carbocycles. The molecule has 0 spiro atoms. The zero-order valence-electron chi connectivity index (χ0n) is 16.8. The van der Waals surface area contributed by atoms with E-state index >= 15 is 0 Å². The van der Waals surface area contributed by atoms with Crippen LogP contribution in [0.15, 0.2) is 97.1 Å². The average Bonchev–Trinajstić information content (AvgIpc) is 3.20. The summed E-state index contributed by atoms with van der Waals surface area (Å²) in [6.45, 7) is 0. The maximum atomic E-state index is 11.5. The van der Waals surface area contributed by atoms with E-state index in [-0.39, 0.29) is 0 Å². The van der Waals surface area contributed by atoms with Crippen LogP contribution in [0.1, 0.15) is 17.2 Å². The molecule has 6 aromatic carbocycles. The van der Waals surface area contributed by atoms with E-state index in [0.717, 1.165) is 32.9 Å². The Bertz CT molecular complexity index is 1740. The molecule has 1 atom stereocenters. The van der Waals surface area contributed by atoms with Crippen molar-refractivity contribution in [2.75, 3.05) is 0 Å². The predicted molar refractivity (Wildman–Crippen MR) is 130 cm³/mol. The van der Waals surface area contributed by atoms with E-state index in [1.807, 2.05) is 12.1 Å². The second-order valence-electron chi connectivity index (χ2n) is 8.39. The first-order chi connectivity index (χ1) is 15.3. The maximum Gasteiger partial charge on any atom is 0.105 e. The summed E-state index contributed by atoms with van der Waals surface area (Å²) < 4.78 is 0. The van der Waals surface area contributed by atoms with E-state index in [2.05, 4.69) is 89.9 Å². The van der Waals surface area contributed by atoms with Gasteiger partial charge in [0, 0.05) is 21.8 Å². The smallest absolute Gasteiger partial charge is 0.105 e. The fourth-order valence-electron chi connectivity index (χ4n) is 5.21. The topological polar surface area (TPSA) is 36.0 Å². The highest BCUT2D eigenvalue weighted by molar-refractivity contribution is 6.23. The number of aromatic nitrogens is 1. The third-order valence-electron chi connectivity index (χ3n) is 6.70. The van der Waals surface area contributed by atoms with Gasteiger partial charge in [0.15, 0.2) is 0 Å². The molecule has 0 radical (unpaired) electrons. The predicted octanol–water partition coefficient (Wildman–Crippen LogP) is 7.30. The molecule has 1 heterocycles. The molecule has 0 amide bonds. The van der Waals surface area contributed by atoms with Gasteiger partial charge >= 0.3 is 0 Å². The van der Waals surface area contributed by atoms with E-state index in [4.69, 9.17) is 0 Å². The van der Waals surface area contributed by atoms with Crippen molar-refractivity contribution >= 4 is 54.1 Å². The maximum absolute atomic E-state index is 11.5. The van der Waals surface area contributed by atoms with Gasteiger partial charge in [0.1, 0.15) is 6.10 Å². The van der Waals surface area contributed by atoms with Crippen LogP contribution in [0, 0.1) is 0 Å². The highest BCUT2D eigenvalue weighted by atomic mass is 16.3. The van der Waals surface area contributed by atoms with Crippen molar-refractivity contribution in [1.82, 2.24) is 4.98 Å². The Kier molecular flexibility index (Phi) is 3.30. The largest absolute Gasteiger partial charge is 0.384 e. The summed E-state index contributed by atoms with van der Waals surface area (Å²) >= 11 is 0. The Morgan fingerprint density at radius 2 is 1.26 bits per heavy atom. The van der Waals surface area contributed by atoms with Gasteiger partial charge in [0.25, 0.3) is 0 Å². The van der Waals surface area contributed by atoms with Crippen LogP contribution >= 0.6 is 0 Å². The van der Waals surface area contributed by atoms with E-state index in [1.54, 1.807) is 0 Å². The SMILES string of the molecule is OC(c1ccc2[nH]c3ccccc3c2c1)c1ccc2ccc3cccc4ccc1c2c34. The first kappa shape index (κ1) is 16.9. The number of rotatable bonds is 2. The lowest BCUT2D eigenvalue weighted by Crippen LogP contribution is -2.01. The lowest BCUT2D eigenvalue weighted by atomic mass is 9.89. The number of H-pyrrole nitrogens is 1. The zero-order valence-corrected chi connectivity index (χ0v) is 16.8. The summed E-state index contributed by atoms with van der Waals surface area (Å²) in [5.74, 6) is 0. The van der Waals surface area contributed by atoms with Crippen LogP contribution < -0.4 is 0 Å². The minimum atomic E-state index is -0.692. The number of benzene rings is 6. The van der Waals surface area contributed by atoms with E-state index in [1.165, 1.54) is 32.3 Å². The Morgan fingerprint density at radius 1 is 0.548 bits per heavy atom. The molecular weight excluding hydrogens is 378 g/mol. The Balaban J connectivity index is 1.48. The molecular formula is C29H19NO. The number of aliphatic hydroxyl groups is 1. The van der Waals surface area contributed by atoms with Crippen molar-refractivity contribution in [1.29, 1.82) is 0 Å². The third-order valence-corrected chi connectivity index (χ3v) is 6.70. The number of aromatic amines is 1. The van der Waals surface area contributed by atoms with Crippen molar-refractivity contribution < 1.29 is 5.11 Å². The number of nitrogens with one attached hydrogen (secondary N) is 1. The summed E-state index contributed by atoms with van der Waals surface area (Å²) in [5, 5.41) is 21.1. The van der Waals surface area contributed by atoms with Crippen molar-refractivity contribution in [3.05, 3.63) is 108 Å². The van der Waals surface area contributed by atoms with Gasteiger partial charge in [-0.25, -0.2) is 0 Å². The number of hydrogen-bond donors (Lipinski definition) is 2. The molecule has 0 fully saturated rings. The molecule has 1 unspecified atom stereocenters. The van der Waals surface area contributed by atoms with Crippen molar-refractivity contribution in [3.8, 4) is 0 Å². The molecule has 7 aromatic rings. The van der Waals surface area contributed by atoms with Crippen molar-refractivity contribution in [3.63, 3.8) is 0 Å². The second-order valence-corrected chi connectivity index (χ2v) is 8.39. The molecule has 31 heavy (non-hydrogen) atoms. The molecule has 0 bridgehead atoms. The van der Waals surface area contributed by atoms with Crippen LogP contribution in [0.2, 0.25) is 0 Å². The normalized spacial score (nSPS) is 13.2. The summed E-state index contributed by atoms with van der Waals surface area (Å²) in [5.41, 5.74) is 4.07. The van der Waals surface area contributed by atoms with Crippen LogP contribution in [-0.4, -0.2) is 10.1 Å². The van der Waals surface area contributed by atoms with Crippen LogP contribution in [0.3, 0.4) is 0 Å². The summed E-state index contributed by atoms with van der Waals surface area (Å²) in [6, 6.07) is 33.9. The number of fused-ring (bicyclic) bond motifs is 3. The quantitative estimate of drug-likeness (QED) is 0.295. The van der Waals surface area contributed by atoms with Crippen LogP contribution in [0.5, 0.6) is 0 Å². The number of para-hydroxylation sites is 1. The fraction of sp³-hybridized carbons (Fsp3) is 0.0345. The Morgan fingerprint density at radius 3 is 2.13 bits per heavy atom. The van der Waals surface area contributed by atoms with E-state index in [0.29, 0.717) is 0 Å². The highest BCUT2D eigenvalue weighted by Gasteiger charge is 2.18. The van der Waals surface area contributed by atoms with Gasteiger partial charge in [-0.3, -0.25) is 0 Å². The summed E-state index contributed by atoms with van der Waals surface area (Å²) in [7, 11) is 0. The monoisotopic (exact) mass is 397 g/mol. The van der Waals surface area contributed by atoms with Gasteiger partial charge in [-0.05, 0) is 61.6 Å². The number of hydrogen-bond acceptors (Lipinski definition) is 1. The third kappa shape index (κ3) is 2.31. The molecule has 2 N–H and O–H groups in total. The Hall–Kier alpha value is -3.88. The first-order valence-corrected chi connectivity index (χ1v) is 10.6. The Labute approximate surface area is 178 Å². The lowest BCUT2D eigenvalue weighted by molar-refractivity contribution is 0.222. The van der Waals surface area contributed by atoms with Gasteiger partial charge in [0.2, 0.25) is 0 Å². The van der Waals surface area contributed by atoms with Crippen molar-refractivity contribution in [2.24, 2.45) is 0 Å². The lowest BCUT2D eigenvalue weighted by Gasteiger charge is -2.18. The molecule has 146 valence electrons. The van der Waals surface area contributed by atoms with Crippen LogP contribution in [-0.2, 0) is 0 Å². The van der Waals surface area contributed by atoms with Crippen molar-refractivity contribution in [2.45, 2.75) is 6.10 Å². The molecule has 0 aliphatic heterocycles. The molecule has 0 aliphatic rings. The molecule has 0 aliphatic carbocycles. The van der Waals surface area contributed by atoms with E-state index in [9.17, 15) is 5.11 Å². The molecule has 2 heteroatoms.